The van der Waals surface area contributed by atoms with Crippen molar-refractivity contribution in [1.29, 1.82) is 0 Å². The third kappa shape index (κ3) is 1.81. The molecule has 2 heterocycles. The minimum Gasteiger partial charge on any atom is -0.323 e. The standard InChI is InChI=1S/C10H11N3S/c1-7(11)9-6-13-10(14-9)8-3-2-4-12-5-8/h2-7H,11H2,1H3. The topological polar surface area (TPSA) is 51.8 Å². The Balaban J connectivity index is 2.34. The van der Waals surface area contributed by atoms with Crippen molar-refractivity contribution >= 4 is 11.3 Å². The van der Waals surface area contributed by atoms with Crippen LogP contribution in [0.2, 0.25) is 0 Å². The van der Waals surface area contributed by atoms with Crippen molar-refractivity contribution in [3.05, 3.63) is 35.6 Å². The molecule has 14 heavy (non-hydrogen) atoms. The van der Waals surface area contributed by atoms with E-state index in [0.717, 1.165) is 15.4 Å². The van der Waals surface area contributed by atoms with Crippen LogP contribution in [0.25, 0.3) is 10.6 Å². The first-order valence-corrected chi connectivity index (χ1v) is 5.20. The molecule has 2 N–H and O–H groups in total. The van der Waals surface area contributed by atoms with Crippen molar-refractivity contribution < 1.29 is 0 Å². The molecule has 1 atom stereocenters. The molecule has 0 aromatic carbocycles. The highest BCUT2D eigenvalue weighted by Crippen LogP contribution is 2.26. The number of aromatic nitrogens is 2. The Kier molecular flexibility index (Phi) is 2.56. The molecule has 0 radical (unpaired) electrons. The lowest BCUT2D eigenvalue weighted by Gasteiger charge is -1.97. The highest BCUT2D eigenvalue weighted by Gasteiger charge is 2.06. The van der Waals surface area contributed by atoms with E-state index in [1.54, 1.807) is 17.5 Å². The quantitative estimate of drug-likeness (QED) is 0.818. The molecular weight excluding hydrogens is 194 g/mol. The van der Waals surface area contributed by atoms with Gasteiger partial charge in [0.15, 0.2) is 0 Å². The smallest absolute Gasteiger partial charge is 0.125 e. The fraction of sp³-hybridized carbons (Fsp3) is 0.200. The maximum atomic E-state index is 5.76. The Morgan fingerprint density at radius 1 is 1.43 bits per heavy atom. The normalized spacial score (nSPS) is 12.7. The van der Waals surface area contributed by atoms with Crippen LogP contribution >= 0.6 is 11.3 Å². The Hall–Kier alpha value is -1.26. The molecule has 72 valence electrons. The zero-order valence-corrected chi connectivity index (χ0v) is 8.66. The first-order valence-electron chi connectivity index (χ1n) is 4.39. The summed E-state index contributed by atoms with van der Waals surface area (Å²) >= 11 is 1.62. The maximum Gasteiger partial charge on any atom is 0.125 e. The molecule has 2 aromatic heterocycles. The van der Waals surface area contributed by atoms with Crippen LogP contribution in [0.3, 0.4) is 0 Å². The van der Waals surface area contributed by atoms with Gasteiger partial charge in [-0.1, -0.05) is 0 Å². The summed E-state index contributed by atoms with van der Waals surface area (Å²) in [6.45, 7) is 1.96. The lowest BCUT2D eigenvalue weighted by atomic mass is 10.3. The molecule has 3 nitrogen and oxygen atoms in total. The van der Waals surface area contributed by atoms with Gasteiger partial charge in [0.05, 0.1) is 0 Å². The number of pyridine rings is 1. The second-order valence-electron chi connectivity index (χ2n) is 3.10. The van der Waals surface area contributed by atoms with Crippen LogP contribution in [0.4, 0.5) is 0 Å². The first kappa shape index (κ1) is 9.30. The van der Waals surface area contributed by atoms with Crippen LogP contribution in [-0.2, 0) is 0 Å². The molecule has 4 heteroatoms. The Labute approximate surface area is 86.6 Å². The van der Waals surface area contributed by atoms with Crippen LogP contribution < -0.4 is 5.73 Å². The molecular formula is C10H11N3S. The number of nitrogens with two attached hydrogens (primary N) is 1. The molecule has 2 aromatic rings. The molecule has 0 amide bonds. The average molecular weight is 205 g/mol. The van der Waals surface area contributed by atoms with Crippen molar-refractivity contribution in [3.63, 3.8) is 0 Å². The summed E-state index contributed by atoms with van der Waals surface area (Å²) < 4.78 is 0. The Bertz CT molecular complexity index is 408. The molecule has 0 aliphatic carbocycles. The summed E-state index contributed by atoms with van der Waals surface area (Å²) in [6, 6.07) is 3.96. The van der Waals surface area contributed by atoms with Gasteiger partial charge in [-0.3, -0.25) is 4.98 Å². The summed E-state index contributed by atoms with van der Waals surface area (Å²) in [7, 11) is 0. The van der Waals surface area contributed by atoms with Gasteiger partial charge in [-0.25, -0.2) is 4.98 Å². The Morgan fingerprint density at radius 3 is 2.86 bits per heavy atom. The van der Waals surface area contributed by atoms with E-state index in [0.29, 0.717) is 0 Å². The minimum absolute atomic E-state index is 0.0536. The molecule has 2 rings (SSSR count). The van der Waals surface area contributed by atoms with Gasteiger partial charge in [0.2, 0.25) is 0 Å². The van der Waals surface area contributed by atoms with E-state index in [2.05, 4.69) is 9.97 Å². The lowest BCUT2D eigenvalue weighted by molar-refractivity contribution is 0.835. The van der Waals surface area contributed by atoms with E-state index < -0.39 is 0 Å². The molecule has 0 saturated carbocycles. The highest BCUT2D eigenvalue weighted by atomic mass is 32.1. The molecule has 0 fully saturated rings. The van der Waals surface area contributed by atoms with Crippen molar-refractivity contribution in [3.8, 4) is 10.6 Å². The van der Waals surface area contributed by atoms with Gasteiger partial charge in [0.1, 0.15) is 5.01 Å². The third-order valence-corrected chi connectivity index (χ3v) is 3.13. The molecule has 1 unspecified atom stereocenters. The summed E-state index contributed by atoms with van der Waals surface area (Å²) in [5.74, 6) is 0. The van der Waals surface area contributed by atoms with Gasteiger partial charge >= 0.3 is 0 Å². The van der Waals surface area contributed by atoms with E-state index in [1.165, 1.54) is 0 Å². The minimum atomic E-state index is 0.0536. The van der Waals surface area contributed by atoms with E-state index in [9.17, 15) is 0 Å². The number of rotatable bonds is 2. The number of hydrogen-bond acceptors (Lipinski definition) is 4. The largest absolute Gasteiger partial charge is 0.323 e. The maximum absolute atomic E-state index is 5.76. The monoisotopic (exact) mass is 205 g/mol. The van der Waals surface area contributed by atoms with Gasteiger partial charge < -0.3 is 5.73 Å². The molecule has 0 aliphatic heterocycles. The zero-order chi connectivity index (χ0) is 9.97. The predicted octanol–water partition coefficient (Wildman–Crippen LogP) is 2.22. The van der Waals surface area contributed by atoms with Crippen LogP contribution in [-0.4, -0.2) is 9.97 Å². The van der Waals surface area contributed by atoms with Crippen LogP contribution in [0.15, 0.2) is 30.7 Å². The van der Waals surface area contributed by atoms with E-state index in [1.807, 2.05) is 31.5 Å². The first-order chi connectivity index (χ1) is 6.77. The summed E-state index contributed by atoms with van der Waals surface area (Å²) in [5.41, 5.74) is 6.81. The second-order valence-corrected chi connectivity index (χ2v) is 4.16. The predicted molar refractivity (Wildman–Crippen MR) is 57.9 cm³/mol. The van der Waals surface area contributed by atoms with Crippen molar-refractivity contribution in [1.82, 2.24) is 9.97 Å². The molecule has 0 saturated heterocycles. The van der Waals surface area contributed by atoms with Crippen molar-refractivity contribution in [2.75, 3.05) is 0 Å². The summed E-state index contributed by atoms with van der Waals surface area (Å²) in [4.78, 5) is 9.46. The SMILES string of the molecule is CC(N)c1cnc(-c2cccnc2)s1. The average Bonchev–Trinajstić information content (AvgIpc) is 2.68. The third-order valence-electron chi connectivity index (χ3n) is 1.88. The fourth-order valence-electron chi connectivity index (χ4n) is 1.12. The fourth-order valence-corrected chi connectivity index (χ4v) is 1.98. The summed E-state index contributed by atoms with van der Waals surface area (Å²) in [5, 5.41) is 0.977. The van der Waals surface area contributed by atoms with Gasteiger partial charge in [-0.05, 0) is 19.1 Å². The molecule has 0 spiro atoms. The van der Waals surface area contributed by atoms with Crippen molar-refractivity contribution in [2.24, 2.45) is 5.73 Å². The van der Waals surface area contributed by atoms with Gasteiger partial charge in [-0.15, -0.1) is 11.3 Å². The Morgan fingerprint density at radius 2 is 2.29 bits per heavy atom. The number of hydrogen-bond donors (Lipinski definition) is 1. The second kappa shape index (κ2) is 3.86. The van der Waals surface area contributed by atoms with Gasteiger partial charge in [0, 0.05) is 35.1 Å². The van der Waals surface area contributed by atoms with Crippen molar-refractivity contribution in [2.45, 2.75) is 13.0 Å². The number of thiazole rings is 1. The van der Waals surface area contributed by atoms with E-state index in [-0.39, 0.29) is 6.04 Å². The lowest BCUT2D eigenvalue weighted by Crippen LogP contribution is -2.01. The summed E-state index contributed by atoms with van der Waals surface area (Å²) in [6.07, 6.45) is 5.39. The van der Waals surface area contributed by atoms with Gasteiger partial charge in [0.25, 0.3) is 0 Å². The molecule has 0 bridgehead atoms. The van der Waals surface area contributed by atoms with Gasteiger partial charge in [-0.2, -0.15) is 0 Å². The molecule has 0 aliphatic rings. The van der Waals surface area contributed by atoms with Crippen LogP contribution in [0.1, 0.15) is 17.8 Å². The van der Waals surface area contributed by atoms with Crippen LogP contribution in [0, 0.1) is 0 Å². The van der Waals surface area contributed by atoms with E-state index in [4.69, 9.17) is 5.73 Å². The van der Waals surface area contributed by atoms with E-state index >= 15 is 0 Å². The zero-order valence-electron chi connectivity index (χ0n) is 7.84. The van der Waals surface area contributed by atoms with Crippen LogP contribution in [0.5, 0.6) is 0 Å². The highest BCUT2D eigenvalue weighted by molar-refractivity contribution is 7.15. The number of nitrogens with zero attached hydrogens (tertiary/aromatic N) is 2.